The number of nitrogens with zero attached hydrogens (tertiary/aromatic N) is 3. The van der Waals surface area contributed by atoms with E-state index in [9.17, 15) is 8.42 Å². The molecule has 0 atom stereocenters. The predicted molar refractivity (Wildman–Crippen MR) is 62.2 cm³/mol. The summed E-state index contributed by atoms with van der Waals surface area (Å²) in [6, 6.07) is 0. The normalized spacial score (nSPS) is 11.6. The smallest absolute Gasteiger partial charge is 0.266 e. The number of anilines is 1. The highest BCUT2D eigenvalue weighted by atomic mass is 32.2. The summed E-state index contributed by atoms with van der Waals surface area (Å²) < 4.78 is 27.4. The molecule has 2 N–H and O–H groups in total. The number of hydrogen-bond donors (Lipinski definition) is 2. The average Bonchev–Trinajstić information content (AvgIpc) is 2.88. The largest absolute Gasteiger partial charge is 0.394 e. The van der Waals surface area contributed by atoms with Gasteiger partial charge in [0.15, 0.2) is 5.13 Å². The number of aliphatic hydroxyl groups is 1. The molecule has 0 bridgehead atoms. The lowest BCUT2D eigenvalue weighted by molar-refractivity contribution is 0.269. The van der Waals surface area contributed by atoms with E-state index in [0.29, 0.717) is 5.13 Å². The van der Waals surface area contributed by atoms with Gasteiger partial charge >= 0.3 is 0 Å². The fraction of sp³-hybridized carbons (Fsp3) is 0.250. The topological polar surface area (TPSA) is 97.1 Å². The lowest BCUT2D eigenvalue weighted by Gasteiger charge is -2.01. The quantitative estimate of drug-likeness (QED) is 0.808. The van der Waals surface area contributed by atoms with Crippen molar-refractivity contribution in [1.82, 2.24) is 14.8 Å². The first-order valence-electron chi connectivity index (χ1n) is 4.67. The first-order valence-corrected chi connectivity index (χ1v) is 7.04. The van der Waals surface area contributed by atoms with Gasteiger partial charge in [0.1, 0.15) is 4.90 Å². The van der Waals surface area contributed by atoms with Crippen LogP contribution in [0.4, 0.5) is 5.13 Å². The Morgan fingerprint density at radius 3 is 3.00 bits per heavy atom. The van der Waals surface area contributed by atoms with Crippen LogP contribution in [0.15, 0.2) is 28.9 Å². The van der Waals surface area contributed by atoms with Gasteiger partial charge in [-0.3, -0.25) is 9.40 Å². The number of rotatable bonds is 5. The second-order valence-corrected chi connectivity index (χ2v) is 5.68. The van der Waals surface area contributed by atoms with Gasteiger partial charge < -0.3 is 5.11 Å². The first-order chi connectivity index (χ1) is 8.12. The summed E-state index contributed by atoms with van der Waals surface area (Å²) in [7, 11) is -3.65. The van der Waals surface area contributed by atoms with Crippen molar-refractivity contribution in [2.75, 3.05) is 11.3 Å². The van der Waals surface area contributed by atoms with Crippen molar-refractivity contribution in [1.29, 1.82) is 0 Å². The third kappa shape index (κ3) is 2.81. The van der Waals surface area contributed by atoms with Crippen LogP contribution in [-0.2, 0) is 16.6 Å². The molecule has 0 aliphatic carbocycles. The van der Waals surface area contributed by atoms with E-state index in [1.165, 1.54) is 34.6 Å². The van der Waals surface area contributed by atoms with E-state index < -0.39 is 10.0 Å². The van der Waals surface area contributed by atoms with Gasteiger partial charge in [-0.2, -0.15) is 5.10 Å². The van der Waals surface area contributed by atoms with E-state index in [0.717, 1.165) is 0 Å². The molecule has 2 rings (SSSR count). The molecule has 92 valence electrons. The summed E-state index contributed by atoms with van der Waals surface area (Å²) in [5.41, 5.74) is 0. The molecule has 0 aromatic carbocycles. The molecule has 2 heterocycles. The molecule has 0 radical (unpaired) electrons. The van der Waals surface area contributed by atoms with Gasteiger partial charge in [-0.1, -0.05) is 0 Å². The number of thiazole rings is 1. The minimum atomic E-state index is -3.65. The van der Waals surface area contributed by atoms with Gasteiger partial charge in [0, 0.05) is 17.8 Å². The van der Waals surface area contributed by atoms with Crippen molar-refractivity contribution in [3.05, 3.63) is 24.0 Å². The highest BCUT2D eigenvalue weighted by Crippen LogP contribution is 2.17. The van der Waals surface area contributed by atoms with Crippen molar-refractivity contribution in [3.63, 3.8) is 0 Å². The Labute approximate surface area is 102 Å². The Morgan fingerprint density at radius 1 is 1.53 bits per heavy atom. The van der Waals surface area contributed by atoms with Crippen molar-refractivity contribution in [2.24, 2.45) is 0 Å². The molecule has 2 aromatic heterocycles. The number of hydrogen-bond acceptors (Lipinski definition) is 6. The zero-order chi connectivity index (χ0) is 12.3. The molecule has 0 aliphatic rings. The number of aromatic nitrogens is 3. The summed E-state index contributed by atoms with van der Waals surface area (Å²) in [4.78, 5) is 3.87. The molecule has 0 unspecified atom stereocenters. The molecular weight excluding hydrogens is 264 g/mol. The maximum absolute atomic E-state index is 11.9. The van der Waals surface area contributed by atoms with Gasteiger partial charge in [0.2, 0.25) is 0 Å². The Hall–Kier alpha value is -1.45. The van der Waals surface area contributed by atoms with Crippen LogP contribution in [0.5, 0.6) is 0 Å². The van der Waals surface area contributed by atoms with E-state index in [2.05, 4.69) is 14.8 Å². The van der Waals surface area contributed by atoms with Gasteiger partial charge in [0.25, 0.3) is 10.0 Å². The molecule has 2 aromatic rings. The summed E-state index contributed by atoms with van der Waals surface area (Å²) in [6.45, 7) is 0.161. The highest BCUT2D eigenvalue weighted by Gasteiger charge is 2.17. The van der Waals surface area contributed by atoms with Crippen LogP contribution >= 0.6 is 11.3 Å². The summed E-state index contributed by atoms with van der Waals surface area (Å²) >= 11 is 1.19. The zero-order valence-electron chi connectivity index (χ0n) is 8.65. The maximum Gasteiger partial charge on any atom is 0.266 e. The van der Waals surface area contributed by atoms with Crippen molar-refractivity contribution >= 4 is 26.5 Å². The second kappa shape index (κ2) is 4.82. The number of nitrogens with one attached hydrogen (secondary N) is 1. The SMILES string of the molecule is O=S(=O)(Nc1nccs1)c1cnn(CCO)c1. The van der Waals surface area contributed by atoms with E-state index in [4.69, 9.17) is 5.11 Å². The summed E-state index contributed by atoms with van der Waals surface area (Å²) in [5, 5.41) is 14.5. The Balaban J connectivity index is 2.19. The van der Waals surface area contributed by atoms with Crippen LogP contribution in [0.3, 0.4) is 0 Å². The van der Waals surface area contributed by atoms with Crippen molar-refractivity contribution in [3.8, 4) is 0 Å². The van der Waals surface area contributed by atoms with E-state index in [1.54, 1.807) is 5.38 Å². The highest BCUT2D eigenvalue weighted by molar-refractivity contribution is 7.93. The molecule has 0 saturated heterocycles. The fourth-order valence-electron chi connectivity index (χ4n) is 1.16. The van der Waals surface area contributed by atoms with E-state index >= 15 is 0 Å². The second-order valence-electron chi connectivity index (χ2n) is 3.11. The third-order valence-electron chi connectivity index (χ3n) is 1.90. The van der Waals surface area contributed by atoms with Crippen molar-refractivity contribution < 1.29 is 13.5 Å². The zero-order valence-corrected chi connectivity index (χ0v) is 10.3. The molecule has 0 spiro atoms. The van der Waals surface area contributed by atoms with Crippen LogP contribution in [0, 0.1) is 0 Å². The molecule has 0 amide bonds. The Morgan fingerprint density at radius 2 is 2.35 bits per heavy atom. The summed E-state index contributed by atoms with van der Waals surface area (Å²) in [6.07, 6.45) is 4.09. The molecule has 9 heteroatoms. The number of sulfonamides is 1. The monoisotopic (exact) mass is 274 g/mol. The minimum absolute atomic E-state index is 0.0427. The van der Waals surface area contributed by atoms with Crippen LogP contribution in [0.25, 0.3) is 0 Å². The van der Waals surface area contributed by atoms with Crippen molar-refractivity contribution in [2.45, 2.75) is 11.4 Å². The standard InChI is InChI=1S/C8H10N4O3S2/c13-3-2-12-6-7(5-10-12)17(14,15)11-8-9-1-4-16-8/h1,4-6,13H,2-3H2,(H,9,11). The van der Waals surface area contributed by atoms with Crippen LogP contribution < -0.4 is 4.72 Å². The van der Waals surface area contributed by atoms with Crippen LogP contribution in [-0.4, -0.2) is 34.9 Å². The van der Waals surface area contributed by atoms with Gasteiger partial charge in [-0.15, -0.1) is 11.3 Å². The predicted octanol–water partition coefficient (Wildman–Crippen LogP) is 0.133. The fourth-order valence-corrected chi connectivity index (χ4v) is 2.90. The van der Waals surface area contributed by atoms with E-state index in [1.807, 2.05) is 0 Å². The average molecular weight is 274 g/mol. The van der Waals surface area contributed by atoms with Gasteiger partial charge in [0.05, 0.1) is 19.3 Å². The Kier molecular flexibility index (Phi) is 3.41. The minimum Gasteiger partial charge on any atom is -0.394 e. The molecule has 0 fully saturated rings. The van der Waals surface area contributed by atoms with Gasteiger partial charge in [-0.05, 0) is 0 Å². The van der Waals surface area contributed by atoms with Crippen LogP contribution in [0.2, 0.25) is 0 Å². The first kappa shape index (κ1) is 12.0. The van der Waals surface area contributed by atoms with Gasteiger partial charge in [-0.25, -0.2) is 13.4 Å². The lowest BCUT2D eigenvalue weighted by Crippen LogP contribution is -2.12. The maximum atomic E-state index is 11.9. The molecular formula is C8H10N4O3S2. The molecule has 0 saturated carbocycles. The number of aliphatic hydroxyl groups excluding tert-OH is 1. The Bertz CT molecular complexity index is 576. The molecule has 7 nitrogen and oxygen atoms in total. The molecule has 0 aliphatic heterocycles. The lowest BCUT2D eigenvalue weighted by atomic mass is 10.7. The summed E-state index contributed by atoms with van der Waals surface area (Å²) in [5.74, 6) is 0. The third-order valence-corrected chi connectivity index (χ3v) is 4.01. The van der Waals surface area contributed by atoms with Crippen LogP contribution in [0.1, 0.15) is 0 Å². The van der Waals surface area contributed by atoms with E-state index in [-0.39, 0.29) is 18.0 Å². The molecule has 17 heavy (non-hydrogen) atoms.